The number of nitrogens with zero attached hydrogens (tertiary/aromatic N) is 2. The monoisotopic (exact) mass is 361 g/mol. The molecule has 0 atom stereocenters. The molecule has 0 spiro atoms. The molecule has 6 nitrogen and oxygen atoms in total. The summed E-state index contributed by atoms with van der Waals surface area (Å²) in [6, 6.07) is 11.9. The third-order valence-corrected chi connectivity index (χ3v) is 4.05. The summed E-state index contributed by atoms with van der Waals surface area (Å²) < 4.78 is 5.51. The quantitative estimate of drug-likeness (QED) is 0.413. The molecular weight excluding hydrogens is 350 g/mol. The molecule has 2 aromatic carbocycles. The minimum atomic E-state index is -0.319. The zero-order valence-corrected chi connectivity index (χ0v) is 13.8. The van der Waals surface area contributed by atoms with Crippen LogP contribution in [0.15, 0.2) is 57.2 Å². The molecule has 24 heavy (non-hydrogen) atoms. The molecule has 1 heterocycles. The highest BCUT2D eigenvalue weighted by Crippen LogP contribution is 2.23. The van der Waals surface area contributed by atoms with Gasteiger partial charge in [0.05, 0.1) is 12.0 Å². The molecule has 0 aliphatic heterocycles. The molecule has 3 rings (SSSR count). The summed E-state index contributed by atoms with van der Waals surface area (Å²) in [5.74, 6) is -0.190. The number of halogens is 1. The minimum absolute atomic E-state index is 0.0262. The highest BCUT2D eigenvalue weighted by Gasteiger charge is 2.08. The molecule has 0 saturated heterocycles. The smallest absolute Gasteiger partial charge is 0.257 e. The van der Waals surface area contributed by atoms with Crippen LogP contribution in [0, 0.1) is 0 Å². The highest BCUT2D eigenvalue weighted by molar-refractivity contribution is 7.99. The van der Waals surface area contributed by atoms with Gasteiger partial charge in [0.25, 0.3) is 11.1 Å². The number of benzene rings is 2. The average molecular weight is 362 g/mol. The van der Waals surface area contributed by atoms with Crippen molar-refractivity contribution in [2.24, 2.45) is 5.10 Å². The first-order valence-electron chi connectivity index (χ1n) is 6.90. The molecule has 0 aliphatic rings. The van der Waals surface area contributed by atoms with Crippen LogP contribution in [0.2, 0.25) is 5.02 Å². The maximum absolute atomic E-state index is 11.8. The van der Waals surface area contributed by atoms with Gasteiger partial charge in [0.15, 0.2) is 5.58 Å². The van der Waals surface area contributed by atoms with E-state index < -0.39 is 0 Å². The SMILES string of the molecule is O=C(CSc1nc2ccccc2o1)N/N=C/c1cc(Cl)ccc1O. The van der Waals surface area contributed by atoms with Crippen molar-refractivity contribution in [1.82, 2.24) is 10.4 Å². The van der Waals surface area contributed by atoms with Crippen molar-refractivity contribution in [2.75, 3.05) is 5.75 Å². The number of aromatic hydroxyl groups is 1. The van der Waals surface area contributed by atoms with E-state index in [2.05, 4.69) is 15.5 Å². The zero-order chi connectivity index (χ0) is 16.9. The van der Waals surface area contributed by atoms with E-state index in [1.807, 2.05) is 24.3 Å². The normalized spacial score (nSPS) is 11.2. The Labute approximate surface area is 146 Å². The van der Waals surface area contributed by atoms with Gasteiger partial charge in [-0.2, -0.15) is 5.10 Å². The molecule has 1 aromatic heterocycles. The molecule has 0 bridgehead atoms. The summed E-state index contributed by atoms with van der Waals surface area (Å²) in [6.45, 7) is 0. The first-order valence-corrected chi connectivity index (χ1v) is 8.27. The van der Waals surface area contributed by atoms with Crippen LogP contribution in [0.3, 0.4) is 0 Å². The van der Waals surface area contributed by atoms with Crippen molar-refractivity contribution in [2.45, 2.75) is 5.22 Å². The molecule has 3 aromatic rings. The molecule has 8 heteroatoms. The third kappa shape index (κ3) is 4.06. The van der Waals surface area contributed by atoms with Crippen LogP contribution < -0.4 is 5.43 Å². The second-order valence-electron chi connectivity index (χ2n) is 4.73. The lowest BCUT2D eigenvalue weighted by atomic mass is 10.2. The van der Waals surface area contributed by atoms with Crippen LogP contribution >= 0.6 is 23.4 Å². The van der Waals surface area contributed by atoms with Gasteiger partial charge in [-0.15, -0.1) is 0 Å². The molecule has 0 radical (unpaired) electrons. The number of nitrogens with one attached hydrogen (secondary N) is 1. The summed E-state index contributed by atoms with van der Waals surface area (Å²) in [5, 5.41) is 14.3. The first-order chi connectivity index (χ1) is 11.6. The van der Waals surface area contributed by atoms with Crippen molar-refractivity contribution in [1.29, 1.82) is 0 Å². The Bertz CT molecular complexity index is 877. The number of hydrogen-bond donors (Lipinski definition) is 2. The largest absolute Gasteiger partial charge is 0.507 e. The molecule has 0 unspecified atom stereocenters. The van der Waals surface area contributed by atoms with Gasteiger partial charge in [-0.3, -0.25) is 4.79 Å². The van der Waals surface area contributed by atoms with Crippen LogP contribution in [0.25, 0.3) is 11.1 Å². The van der Waals surface area contributed by atoms with E-state index in [0.717, 1.165) is 5.52 Å². The van der Waals surface area contributed by atoms with Crippen molar-refractivity contribution in [3.63, 3.8) is 0 Å². The Morgan fingerprint density at radius 2 is 2.21 bits per heavy atom. The Balaban J connectivity index is 1.54. The number of oxazole rings is 1. The number of amides is 1. The number of aromatic nitrogens is 1. The predicted octanol–water partition coefficient (Wildman–Crippen LogP) is 3.43. The molecular formula is C16H12ClN3O3S. The number of hydrogen-bond acceptors (Lipinski definition) is 6. The van der Waals surface area contributed by atoms with Crippen molar-refractivity contribution < 1.29 is 14.3 Å². The van der Waals surface area contributed by atoms with Gasteiger partial charge in [-0.25, -0.2) is 10.4 Å². The molecule has 0 fully saturated rings. The summed E-state index contributed by atoms with van der Waals surface area (Å²) in [5.41, 5.74) is 4.20. The lowest BCUT2D eigenvalue weighted by Gasteiger charge is -2.00. The minimum Gasteiger partial charge on any atom is -0.507 e. The van der Waals surface area contributed by atoms with Crippen LogP contribution in [0.5, 0.6) is 5.75 Å². The van der Waals surface area contributed by atoms with Gasteiger partial charge in [-0.05, 0) is 30.3 Å². The maximum Gasteiger partial charge on any atom is 0.257 e. The topological polar surface area (TPSA) is 87.7 Å². The van der Waals surface area contributed by atoms with Gasteiger partial charge in [0.2, 0.25) is 0 Å². The molecule has 1 amide bonds. The number of phenols is 1. The number of carbonyl (C=O) groups excluding carboxylic acids is 1. The van der Waals surface area contributed by atoms with E-state index in [1.54, 1.807) is 12.1 Å². The molecule has 122 valence electrons. The van der Waals surface area contributed by atoms with E-state index in [-0.39, 0.29) is 17.4 Å². The number of thioether (sulfide) groups is 1. The van der Waals surface area contributed by atoms with Crippen molar-refractivity contribution in [3.8, 4) is 5.75 Å². The Kier molecular flexibility index (Phi) is 5.02. The lowest BCUT2D eigenvalue weighted by Crippen LogP contribution is -2.19. The Morgan fingerprint density at radius 1 is 1.38 bits per heavy atom. The van der Waals surface area contributed by atoms with Crippen LogP contribution in [0.1, 0.15) is 5.56 Å². The predicted molar refractivity (Wildman–Crippen MR) is 93.6 cm³/mol. The zero-order valence-electron chi connectivity index (χ0n) is 12.3. The second-order valence-corrected chi connectivity index (χ2v) is 6.10. The number of para-hydroxylation sites is 2. The number of fused-ring (bicyclic) bond motifs is 1. The summed E-state index contributed by atoms with van der Waals surface area (Å²) >= 11 is 7.00. The van der Waals surface area contributed by atoms with E-state index in [4.69, 9.17) is 16.0 Å². The highest BCUT2D eigenvalue weighted by atomic mass is 35.5. The summed E-state index contributed by atoms with van der Waals surface area (Å²) in [6.07, 6.45) is 1.32. The van der Waals surface area contributed by atoms with E-state index >= 15 is 0 Å². The Hall–Kier alpha value is -2.51. The lowest BCUT2D eigenvalue weighted by molar-refractivity contribution is -0.118. The fourth-order valence-electron chi connectivity index (χ4n) is 1.87. The fourth-order valence-corrected chi connectivity index (χ4v) is 2.69. The maximum atomic E-state index is 11.8. The van der Waals surface area contributed by atoms with Crippen LogP contribution in [-0.4, -0.2) is 28.0 Å². The van der Waals surface area contributed by atoms with Crippen LogP contribution in [-0.2, 0) is 4.79 Å². The van der Waals surface area contributed by atoms with Crippen molar-refractivity contribution >= 4 is 46.6 Å². The average Bonchev–Trinajstić information content (AvgIpc) is 2.99. The van der Waals surface area contributed by atoms with Gasteiger partial charge >= 0.3 is 0 Å². The van der Waals surface area contributed by atoms with Gasteiger partial charge in [-0.1, -0.05) is 35.5 Å². The summed E-state index contributed by atoms with van der Waals surface area (Å²) in [4.78, 5) is 16.0. The van der Waals surface area contributed by atoms with E-state index in [0.29, 0.717) is 21.4 Å². The first kappa shape index (κ1) is 16.4. The fraction of sp³-hybridized carbons (Fsp3) is 0.0625. The number of phenolic OH excluding ortho intramolecular Hbond substituents is 1. The van der Waals surface area contributed by atoms with Gasteiger partial charge in [0, 0.05) is 10.6 Å². The number of rotatable bonds is 5. The Morgan fingerprint density at radius 3 is 3.04 bits per heavy atom. The molecule has 0 aliphatic carbocycles. The second kappa shape index (κ2) is 7.37. The number of carbonyl (C=O) groups is 1. The molecule has 0 saturated carbocycles. The van der Waals surface area contributed by atoms with Crippen molar-refractivity contribution in [3.05, 3.63) is 53.1 Å². The van der Waals surface area contributed by atoms with Gasteiger partial charge < -0.3 is 9.52 Å². The third-order valence-electron chi connectivity index (χ3n) is 2.98. The van der Waals surface area contributed by atoms with Gasteiger partial charge in [0.1, 0.15) is 11.3 Å². The van der Waals surface area contributed by atoms with E-state index in [9.17, 15) is 9.90 Å². The van der Waals surface area contributed by atoms with E-state index in [1.165, 1.54) is 24.0 Å². The molecule has 2 N–H and O–H groups in total. The number of hydrazone groups is 1. The van der Waals surface area contributed by atoms with Crippen LogP contribution in [0.4, 0.5) is 0 Å². The summed E-state index contributed by atoms with van der Waals surface area (Å²) in [7, 11) is 0. The standard InChI is InChI=1S/C16H12ClN3O3S/c17-11-5-6-13(21)10(7-11)8-18-20-15(22)9-24-16-19-12-3-1-2-4-14(12)23-16/h1-8,21H,9H2,(H,20,22)/b18-8+.